The molecule has 2 aromatic carbocycles. The van der Waals surface area contributed by atoms with Crippen LogP contribution in [0.4, 0.5) is 4.39 Å². The molecule has 0 saturated heterocycles. The van der Waals surface area contributed by atoms with Crippen LogP contribution in [-0.4, -0.2) is 38.5 Å². The summed E-state index contributed by atoms with van der Waals surface area (Å²) >= 11 is 0. The standard InChI is InChI=1S/C21H27FN4O/c1-16(18-8-4-3-5-9-18)15-26-21(23-2)25-12-11-24-20(27)14-17-7-6-10-19(22)13-17/h3-10,13,16H,11-12,14-15H2,1-2H3,(H,24,27)(H2,23,25,26). The van der Waals surface area contributed by atoms with Crippen LogP contribution in [0.25, 0.3) is 0 Å². The highest BCUT2D eigenvalue weighted by atomic mass is 19.1. The average molecular weight is 370 g/mol. The summed E-state index contributed by atoms with van der Waals surface area (Å²) < 4.78 is 13.1. The maximum atomic E-state index is 13.1. The maximum absolute atomic E-state index is 13.1. The van der Waals surface area contributed by atoms with Crippen molar-refractivity contribution in [2.75, 3.05) is 26.7 Å². The Kier molecular flexibility index (Phi) is 8.29. The molecular formula is C21H27FN4O. The van der Waals surface area contributed by atoms with E-state index in [1.165, 1.54) is 17.7 Å². The minimum Gasteiger partial charge on any atom is -0.356 e. The fourth-order valence-corrected chi connectivity index (χ4v) is 2.65. The zero-order valence-electron chi connectivity index (χ0n) is 15.8. The molecule has 0 aliphatic heterocycles. The van der Waals surface area contributed by atoms with Gasteiger partial charge in [0.1, 0.15) is 5.82 Å². The van der Waals surface area contributed by atoms with Gasteiger partial charge in [-0.1, -0.05) is 49.4 Å². The Balaban J connectivity index is 1.65. The van der Waals surface area contributed by atoms with Crippen LogP contribution in [-0.2, 0) is 11.2 Å². The Morgan fingerprint density at radius 2 is 1.78 bits per heavy atom. The Hall–Kier alpha value is -2.89. The van der Waals surface area contributed by atoms with Crippen molar-refractivity contribution in [3.05, 3.63) is 71.5 Å². The highest BCUT2D eigenvalue weighted by Gasteiger charge is 2.07. The molecule has 0 heterocycles. The highest BCUT2D eigenvalue weighted by molar-refractivity contribution is 5.80. The van der Waals surface area contributed by atoms with Crippen molar-refractivity contribution in [1.29, 1.82) is 0 Å². The van der Waals surface area contributed by atoms with E-state index in [0.29, 0.717) is 30.5 Å². The SMILES string of the molecule is CN=C(NCCNC(=O)Cc1cccc(F)c1)NCC(C)c1ccccc1. The van der Waals surface area contributed by atoms with Gasteiger partial charge in [-0.3, -0.25) is 9.79 Å². The van der Waals surface area contributed by atoms with Crippen molar-refractivity contribution >= 4 is 11.9 Å². The van der Waals surface area contributed by atoms with E-state index in [2.05, 4.69) is 40.0 Å². The van der Waals surface area contributed by atoms with Gasteiger partial charge >= 0.3 is 0 Å². The smallest absolute Gasteiger partial charge is 0.224 e. The Bertz CT molecular complexity index is 749. The Morgan fingerprint density at radius 3 is 2.48 bits per heavy atom. The molecular weight excluding hydrogens is 343 g/mol. The normalized spacial score (nSPS) is 12.3. The third-order valence-electron chi connectivity index (χ3n) is 4.16. The second-order valence-electron chi connectivity index (χ2n) is 6.35. The second kappa shape index (κ2) is 11.0. The van der Waals surface area contributed by atoms with E-state index in [1.807, 2.05) is 18.2 Å². The van der Waals surface area contributed by atoms with Crippen LogP contribution in [0.1, 0.15) is 24.0 Å². The van der Waals surface area contributed by atoms with E-state index >= 15 is 0 Å². The number of halogens is 1. The quantitative estimate of drug-likeness (QED) is 0.380. The highest BCUT2D eigenvalue weighted by Crippen LogP contribution is 2.12. The molecule has 2 aromatic rings. The molecule has 0 aliphatic carbocycles. The van der Waals surface area contributed by atoms with Gasteiger partial charge in [0.25, 0.3) is 0 Å². The van der Waals surface area contributed by atoms with Gasteiger partial charge in [0, 0.05) is 26.7 Å². The summed E-state index contributed by atoms with van der Waals surface area (Å²) in [6, 6.07) is 16.4. The fraction of sp³-hybridized carbons (Fsp3) is 0.333. The molecule has 0 aromatic heterocycles. The van der Waals surface area contributed by atoms with Crippen LogP contribution in [0, 0.1) is 5.82 Å². The van der Waals surface area contributed by atoms with Crippen LogP contribution in [0.5, 0.6) is 0 Å². The molecule has 0 saturated carbocycles. The van der Waals surface area contributed by atoms with Gasteiger partial charge in [-0.2, -0.15) is 0 Å². The Labute approximate surface area is 160 Å². The first-order valence-electron chi connectivity index (χ1n) is 9.09. The van der Waals surface area contributed by atoms with Crippen LogP contribution >= 0.6 is 0 Å². The molecule has 0 bridgehead atoms. The molecule has 1 amide bonds. The summed E-state index contributed by atoms with van der Waals surface area (Å²) in [5.41, 5.74) is 1.93. The first-order valence-corrected chi connectivity index (χ1v) is 9.09. The van der Waals surface area contributed by atoms with E-state index in [1.54, 1.807) is 19.2 Å². The van der Waals surface area contributed by atoms with E-state index in [-0.39, 0.29) is 18.1 Å². The van der Waals surface area contributed by atoms with Gasteiger partial charge in [-0.05, 0) is 29.2 Å². The number of nitrogens with one attached hydrogen (secondary N) is 3. The largest absolute Gasteiger partial charge is 0.356 e. The van der Waals surface area contributed by atoms with Gasteiger partial charge in [-0.15, -0.1) is 0 Å². The molecule has 0 aliphatic rings. The molecule has 0 fully saturated rings. The summed E-state index contributed by atoms with van der Waals surface area (Å²) in [6.45, 7) is 3.93. The summed E-state index contributed by atoms with van der Waals surface area (Å²) in [4.78, 5) is 16.1. The van der Waals surface area contributed by atoms with Crippen LogP contribution in [0.3, 0.4) is 0 Å². The molecule has 1 atom stereocenters. The number of hydrogen-bond acceptors (Lipinski definition) is 2. The molecule has 0 radical (unpaired) electrons. The van der Waals surface area contributed by atoms with Gasteiger partial charge < -0.3 is 16.0 Å². The lowest BCUT2D eigenvalue weighted by molar-refractivity contribution is -0.120. The summed E-state index contributed by atoms with van der Waals surface area (Å²) in [6.07, 6.45) is 0.166. The fourth-order valence-electron chi connectivity index (χ4n) is 2.65. The Morgan fingerprint density at radius 1 is 1.04 bits per heavy atom. The third-order valence-corrected chi connectivity index (χ3v) is 4.16. The number of benzene rings is 2. The van der Waals surface area contributed by atoms with Crippen molar-refractivity contribution in [1.82, 2.24) is 16.0 Å². The lowest BCUT2D eigenvalue weighted by atomic mass is 10.0. The first-order chi connectivity index (χ1) is 13.1. The van der Waals surface area contributed by atoms with Gasteiger partial charge in [-0.25, -0.2) is 4.39 Å². The molecule has 2 rings (SSSR count). The molecule has 144 valence electrons. The predicted molar refractivity (Wildman–Crippen MR) is 107 cm³/mol. The number of rotatable bonds is 8. The second-order valence-corrected chi connectivity index (χ2v) is 6.35. The molecule has 3 N–H and O–H groups in total. The number of nitrogens with zero attached hydrogens (tertiary/aromatic N) is 1. The van der Waals surface area contributed by atoms with E-state index in [4.69, 9.17) is 0 Å². The number of carbonyl (C=O) groups excluding carboxylic acids is 1. The van der Waals surface area contributed by atoms with Crippen LogP contribution < -0.4 is 16.0 Å². The number of amides is 1. The summed E-state index contributed by atoms with van der Waals surface area (Å²) in [7, 11) is 1.71. The van der Waals surface area contributed by atoms with Crippen molar-refractivity contribution in [3.63, 3.8) is 0 Å². The van der Waals surface area contributed by atoms with E-state index in [9.17, 15) is 9.18 Å². The first kappa shape index (κ1) is 20.4. The van der Waals surface area contributed by atoms with Gasteiger partial charge in [0.15, 0.2) is 5.96 Å². The van der Waals surface area contributed by atoms with Crippen molar-refractivity contribution < 1.29 is 9.18 Å². The molecule has 6 heteroatoms. The summed E-state index contributed by atoms with van der Waals surface area (Å²) in [5.74, 6) is 0.581. The number of carbonyl (C=O) groups is 1. The maximum Gasteiger partial charge on any atom is 0.224 e. The van der Waals surface area contributed by atoms with Crippen molar-refractivity contribution in [3.8, 4) is 0 Å². The molecule has 5 nitrogen and oxygen atoms in total. The van der Waals surface area contributed by atoms with Crippen LogP contribution in [0.2, 0.25) is 0 Å². The van der Waals surface area contributed by atoms with Crippen molar-refractivity contribution in [2.45, 2.75) is 19.3 Å². The lowest BCUT2D eigenvalue weighted by Gasteiger charge is -2.16. The monoisotopic (exact) mass is 370 g/mol. The molecule has 1 unspecified atom stereocenters. The molecule has 0 spiro atoms. The van der Waals surface area contributed by atoms with Crippen LogP contribution in [0.15, 0.2) is 59.6 Å². The summed E-state index contributed by atoms with van der Waals surface area (Å²) in [5, 5.41) is 9.27. The average Bonchev–Trinajstić information content (AvgIpc) is 2.68. The van der Waals surface area contributed by atoms with Crippen molar-refractivity contribution in [2.24, 2.45) is 4.99 Å². The zero-order valence-corrected chi connectivity index (χ0v) is 15.8. The number of guanidine groups is 1. The predicted octanol–water partition coefficient (Wildman–Crippen LogP) is 2.45. The third kappa shape index (κ3) is 7.48. The van der Waals surface area contributed by atoms with E-state index < -0.39 is 0 Å². The topological polar surface area (TPSA) is 65.5 Å². The minimum absolute atomic E-state index is 0.136. The minimum atomic E-state index is -0.332. The lowest BCUT2D eigenvalue weighted by Crippen LogP contribution is -2.42. The zero-order chi connectivity index (χ0) is 19.5. The number of aliphatic imine (C=N–C) groups is 1. The molecule has 27 heavy (non-hydrogen) atoms. The van der Waals surface area contributed by atoms with E-state index in [0.717, 1.165) is 6.54 Å². The van der Waals surface area contributed by atoms with Gasteiger partial charge in [0.2, 0.25) is 5.91 Å². The number of hydrogen-bond donors (Lipinski definition) is 3. The van der Waals surface area contributed by atoms with Gasteiger partial charge in [0.05, 0.1) is 6.42 Å².